The number of phenols is 1. The van der Waals surface area contributed by atoms with Gasteiger partial charge in [0.1, 0.15) is 11.6 Å². The number of fused-ring (bicyclic) bond motifs is 1. The molecule has 1 heterocycles. The van der Waals surface area contributed by atoms with Crippen LogP contribution in [-0.2, 0) is 6.54 Å². The number of aryl methyl sites for hydroxylation is 1. The van der Waals surface area contributed by atoms with Crippen molar-refractivity contribution in [2.75, 3.05) is 0 Å². The van der Waals surface area contributed by atoms with E-state index < -0.39 is 0 Å². The maximum Gasteiger partial charge on any atom is 0.141 e. The fourth-order valence-electron chi connectivity index (χ4n) is 2.25. The molecule has 0 atom stereocenters. The smallest absolute Gasteiger partial charge is 0.141 e. The number of nitrogens with zero attached hydrogens (tertiary/aromatic N) is 2. The Kier molecular flexibility index (Phi) is 2.91. The number of aromatic nitrogens is 2. The van der Waals surface area contributed by atoms with Crippen molar-refractivity contribution in [2.45, 2.75) is 13.5 Å². The predicted molar refractivity (Wildman–Crippen MR) is 77.5 cm³/mol. The second kappa shape index (κ2) is 4.59. The van der Waals surface area contributed by atoms with Crippen molar-refractivity contribution in [2.24, 2.45) is 0 Å². The molecule has 0 saturated heterocycles. The number of hydrogen-bond acceptors (Lipinski definition) is 2. The van der Waals surface area contributed by atoms with Gasteiger partial charge in [-0.1, -0.05) is 11.6 Å². The van der Waals surface area contributed by atoms with E-state index in [4.69, 9.17) is 11.6 Å². The van der Waals surface area contributed by atoms with Crippen molar-refractivity contribution in [1.82, 2.24) is 9.55 Å². The van der Waals surface area contributed by atoms with Crippen LogP contribution in [0.4, 0.5) is 0 Å². The van der Waals surface area contributed by atoms with Gasteiger partial charge in [-0.25, -0.2) is 4.98 Å². The monoisotopic (exact) mass is 272 g/mol. The lowest BCUT2D eigenvalue weighted by molar-refractivity contribution is 0.475. The SMILES string of the molecule is CCn1c(-c2ccc(O)cc2)nc2ccc(Cl)cc21. The van der Waals surface area contributed by atoms with Gasteiger partial charge in [-0.3, -0.25) is 0 Å². The summed E-state index contributed by atoms with van der Waals surface area (Å²) in [6, 6.07) is 12.8. The van der Waals surface area contributed by atoms with E-state index in [0.717, 1.165) is 29.0 Å². The second-order valence-electron chi connectivity index (χ2n) is 4.36. The van der Waals surface area contributed by atoms with Gasteiger partial charge in [0, 0.05) is 17.1 Å². The molecule has 0 aliphatic rings. The summed E-state index contributed by atoms with van der Waals surface area (Å²) >= 11 is 6.05. The molecule has 1 aromatic heterocycles. The van der Waals surface area contributed by atoms with Crippen LogP contribution in [0.1, 0.15) is 6.92 Å². The first-order chi connectivity index (χ1) is 9.19. The minimum Gasteiger partial charge on any atom is -0.508 e. The van der Waals surface area contributed by atoms with Gasteiger partial charge >= 0.3 is 0 Å². The first-order valence-corrected chi connectivity index (χ1v) is 6.52. The number of hydrogen-bond donors (Lipinski definition) is 1. The van der Waals surface area contributed by atoms with Crippen molar-refractivity contribution in [3.63, 3.8) is 0 Å². The number of phenolic OH excluding ortho intramolecular Hbond substituents is 1. The Hall–Kier alpha value is -2.00. The van der Waals surface area contributed by atoms with Gasteiger partial charge in [0.15, 0.2) is 0 Å². The molecule has 0 fully saturated rings. The molecule has 0 bridgehead atoms. The van der Waals surface area contributed by atoms with Gasteiger partial charge in [0.05, 0.1) is 11.0 Å². The average Bonchev–Trinajstić information content (AvgIpc) is 2.77. The Bertz CT molecular complexity index is 732. The highest BCUT2D eigenvalue weighted by atomic mass is 35.5. The molecule has 0 radical (unpaired) electrons. The van der Waals surface area contributed by atoms with E-state index in [2.05, 4.69) is 16.5 Å². The summed E-state index contributed by atoms with van der Waals surface area (Å²) in [5, 5.41) is 10.1. The molecule has 3 aromatic rings. The van der Waals surface area contributed by atoms with Crippen LogP contribution in [0.2, 0.25) is 5.02 Å². The van der Waals surface area contributed by atoms with Gasteiger partial charge < -0.3 is 9.67 Å². The maximum absolute atomic E-state index is 9.36. The summed E-state index contributed by atoms with van der Waals surface area (Å²) in [5.41, 5.74) is 2.93. The molecule has 0 saturated carbocycles. The summed E-state index contributed by atoms with van der Waals surface area (Å²) in [4.78, 5) is 4.65. The fraction of sp³-hybridized carbons (Fsp3) is 0.133. The van der Waals surface area contributed by atoms with Gasteiger partial charge in [-0.2, -0.15) is 0 Å². The van der Waals surface area contributed by atoms with Crippen LogP contribution < -0.4 is 0 Å². The Balaban J connectivity index is 2.25. The topological polar surface area (TPSA) is 38.0 Å². The van der Waals surface area contributed by atoms with Crippen LogP contribution in [0, 0.1) is 0 Å². The van der Waals surface area contributed by atoms with Gasteiger partial charge in [0.25, 0.3) is 0 Å². The quantitative estimate of drug-likeness (QED) is 0.763. The zero-order valence-corrected chi connectivity index (χ0v) is 11.2. The third kappa shape index (κ3) is 2.06. The largest absolute Gasteiger partial charge is 0.508 e. The number of imidazole rings is 1. The van der Waals surface area contributed by atoms with Crippen LogP contribution in [0.15, 0.2) is 42.5 Å². The number of rotatable bonds is 2. The predicted octanol–water partition coefficient (Wildman–Crippen LogP) is 4.08. The highest BCUT2D eigenvalue weighted by molar-refractivity contribution is 6.31. The van der Waals surface area contributed by atoms with Gasteiger partial charge in [-0.05, 0) is 49.4 Å². The third-order valence-corrected chi connectivity index (χ3v) is 3.39. The molecule has 0 aliphatic heterocycles. The Morgan fingerprint density at radius 2 is 1.89 bits per heavy atom. The standard InChI is InChI=1S/C15H13ClN2O/c1-2-18-14-9-11(16)5-8-13(14)17-15(18)10-3-6-12(19)7-4-10/h3-9,19H,2H2,1H3. The average molecular weight is 273 g/mol. The van der Waals surface area contributed by atoms with Gasteiger partial charge in [0.2, 0.25) is 0 Å². The highest BCUT2D eigenvalue weighted by Gasteiger charge is 2.11. The summed E-state index contributed by atoms with van der Waals surface area (Å²) in [5.74, 6) is 1.14. The zero-order chi connectivity index (χ0) is 13.4. The van der Waals surface area contributed by atoms with E-state index in [9.17, 15) is 5.11 Å². The maximum atomic E-state index is 9.36. The number of aromatic hydroxyl groups is 1. The van der Waals surface area contributed by atoms with Crippen LogP contribution in [0.3, 0.4) is 0 Å². The van der Waals surface area contributed by atoms with E-state index in [1.165, 1.54) is 0 Å². The summed E-state index contributed by atoms with van der Waals surface area (Å²) in [7, 11) is 0. The Morgan fingerprint density at radius 1 is 1.16 bits per heavy atom. The van der Waals surface area contributed by atoms with Crippen molar-refractivity contribution in [1.29, 1.82) is 0 Å². The van der Waals surface area contributed by atoms with E-state index in [1.54, 1.807) is 12.1 Å². The second-order valence-corrected chi connectivity index (χ2v) is 4.80. The highest BCUT2D eigenvalue weighted by Crippen LogP contribution is 2.27. The molecule has 0 spiro atoms. The van der Waals surface area contributed by atoms with Crippen LogP contribution in [0.25, 0.3) is 22.4 Å². The Labute approximate surface area is 116 Å². The van der Waals surface area contributed by atoms with Crippen molar-refractivity contribution < 1.29 is 5.11 Å². The number of benzene rings is 2. The molecule has 0 unspecified atom stereocenters. The summed E-state index contributed by atoms with van der Waals surface area (Å²) < 4.78 is 2.12. The third-order valence-electron chi connectivity index (χ3n) is 3.15. The van der Waals surface area contributed by atoms with Crippen molar-refractivity contribution in [3.8, 4) is 17.1 Å². The summed E-state index contributed by atoms with van der Waals surface area (Å²) in [6.45, 7) is 2.89. The van der Waals surface area contributed by atoms with E-state index in [-0.39, 0.29) is 5.75 Å². The zero-order valence-electron chi connectivity index (χ0n) is 10.5. The van der Waals surface area contributed by atoms with Crippen LogP contribution in [-0.4, -0.2) is 14.7 Å². The minimum absolute atomic E-state index is 0.256. The van der Waals surface area contributed by atoms with Crippen LogP contribution in [0.5, 0.6) is 5.75 Å². The van der Waals surface area contributed by atoms with E-state index in [1.807, 2.05) is 30.3 Å². The molecular weight excluding hydrogens is 260 g/mol. The normalized spacial score (nSPS) is 11.1. The minimum atomic E-state index is 0.256. The molecule has 3 rings (SSSR count). The Morgan fingerprint density at radius 3 is 2.58 bits per heavy atom. The van der Waals surface area contributed by atoms with Crippen LogP contribution >= 0.6 is 11.6 Å². The lowest BCUT2D eigenvalue weighted by Gasteiger charge is -2.06. The van der Waals surface area contributed by atoms with Crippen molar-refractivity contribution >= 4 is 22.6 Å². The molecule has 0 amide bonds. The van der Waals surface area contributed by atoms with Crippen molar-refractivity contribution in [3.05, 3.63) is 47.5 Å². The lowest BCUT2D eigenvalue weighted by Crippen LogP contribution is -1.97. The van der Waals surface area contributed by atoms with E-state index in [0.29, 0.717) is 5.02 Å². The summed E-state index contributed by atoms with van der Waals surface area (Å²) in [6.07, 6.45) is 0. The fourth-order valence-corrected chi connectivity index (χ4v) is 2.41. The molecule has 1 N–H and O–H groups in total. The number of halogens is 1. The molecule has 4 heteroatoms. The molecule has 19 heavy (non-hydrogen) atoms. The molecule has 96 valence electrons. The lowest BCUT2D eigenvalue weighted by atomic mass is 10.2. The molecular formula is C15H13ClN2O. The van der Waals surface area contributed by atoms with Gasteiger partial charge in [-0.15, -0.1) is 0 Å². The van der Waals surface area contributed by atoms with E-state index >= 15 is 0 Å². The molecule has 0 aliphatic carbocycles. The molecule has 2 aromatic carbocycles. The molecule has 3 nitrogen and oxygen atoms in total. The first kappa shape index (κ1) is 12.1. The first-order valence-electron chi connectivity index (χ1n) is 6.14.